The molecular formula is C11H15NO4S. The van der Waals surface area contributed by atoms with Crippen molar-refractivity contribution in [2.45, 2.75) is 19.1 Å². The quantitative estimate of drug-likeness (QED) is 0.756. The summed E-state index contributed by atoms with van der Waals surface area (Å²) in [6.45, 7) is 3.93. The molecule has 5 nitrogen and oxygen atoms in total. The zero-order valence-corrected chi connectivity index (χ0v) is 10.6. The van der Waals surface area contributed by atoms with Crippen molar-refractivity contribution in [3.8, 4) is 0 Å². The van der Waals surface area contributed by atoms with Crippen LogP contribution in [-0.4, -0.2) is 30.4 Å². The molecule has 0 aromatic rings. The fourth-order valence-corrected chi connectivity index (χ4v) is 2.17. The van der Waals surface area contributed by atoms with Gasteiger partial charge in [-0.05, 0) is 26.0 Å². The molecule has 0 aromatic carbocycles. The van der Waals surface area contributed by atoms with Crippen LogP contribution in [0.1, 0.15) is 13.8 Å². The molecule has 0 aliphatic carbocycles. The second kappa shape index (κ2) is 6.34. The van der Waals surface area contributed by atoms with Gasteiger partial charge in [-0.15, -0.1) is 0 Å². The van der Waals surface area contributed by atoms with Gasteiger partial charge in [0.2, 0.25) is 0 Å². The first-order chi connectivity index (χ1) is 8.10. The highest BCUT2D eigenvalue weighted by Gasteiger charge is 2.32. The number of carbonyl (C=O) groups is 2. The Morgan fingerprint density at radius 2 is 1.94 bits per heavy atom. The number of hydrogen-bond acceptors (Lipinski definition) is 6. The van der Waals surface area contributed by atoms with Gasteiger partial charge in [0.05, 0.1) is 23.8 Å². The monoisotopic (exact) mass is 257 g/mol. The lowest BCUT2D eigenvalue weighted by Crippen LogP contribution is -2.29. The summed E-state index contributed by atoms with van der Waals surface area (Å²) >= 11 is 1.09. The average molecular weight is 257 g/mol. The largest absolute Gasteiger partial charge is 0.465 e. The molecule has 1 rings (SSSR count). The Bertz CT molecular complexity index is 376. The Hall–Kier alpha value is -1.43. The van der Waals surface area contributed by atoms with Gasteiger partial charge in [0.15, 0.2) is 0 Å². The van der Waals surface area contributed by atoms with Crippen LogP contribution in [0.2, 0.25) is 0 Å². The number of rotatable bonds is 4. The number of hydrogen-bond donors (Lipinski definition) is 1. The lowest BCUT2D eigenvalue weighted by molar-refractivity contribution is -0.145. The van der Waals surface area contributed by atoms with Crippen LogP contribution in [0.15, 0.2) is 22.8 Å². The third-order valence-electron chi connectivity index (χ3n) is 1.98. The Labute approximate surface area is 104 Å². The molecule has 1 heterocycles. The van der Waals surface area contributed by atoms with E-state index in [0.717, 1.165) is 11.8 Å². The first kappa shape index (κ1) is 13.6. The topological polar surface area (TPSA) is 78.6 Å². The summed E-state index contributed by atoms with van der Waals surface area (Å²) in [5.74, 6) is -0.991. The molecule has 0 spiro atoms. The molecule has 0 radical (unpaired) electrons. The number of ether oxygens (including phenoxy) is 2. The van der Waals surface area contributed by atoms with Gasteiger partial charge < -0.3 is 15.2 Å². The van der Waals surface area contributed by atoms with E-state index in [2.05, 4.69) is 0 Å². The van der Waals surface area contributed by atoms with Crippen molar-refractivity contribution < 1.29 is 19.1 Å². The zero-order chi connectivity index (χ0) is 12.8. The maximum Gasteiger partial charge on any atom is 0.335 e. The second-order valence-corrected chi connectivity index (χ2v) is 4.34. The van der Waals surface area contributed by atoms with Gasteiger partial charge in [-0.25, -0.2) is 4.79 Å². The van der Waals surface area contributed by atoms with Crippen molar-refractivity contribution in [2.24, 2.45) is 5.73 Å². The van der Waals surface area contributed by atoms with E-state index in [1.54, 1.807) is 19.9 Å². The van der Waals surface area contributed by atoms with Crippen LogP contribution >= 0.6 is 11.8 Å². The minimum absolute atomic E-state index is 0.260. The molecule has 2 N–H and O–H groups in total. The summed E-state index contributed by atoms with van der Waals surface area (Å²) in [6.07, 6.45) is 3.08. The summed E-state index contributed by atoms with van der Waals surface area (Å²) in [5.41, 5.74) is 5.88. The van der Waals surface area contributed by atoms with E-state index in [-0.39, 0.29) is 18.8 Å². The first-order valence-corrected chi connectivity index (χ1v) is 6.15. The standard InChI is InChI=1S/C11H15NO4S/c1-3-15-10(13)7-5-6-8(12)17-9(7)11(14)16-4-2/h5-6,9H,3-4,12H2,1-2H3. The zero-order valence-electron chi connectivity index (χ0n) is 9.76. The Balaban J connectivity index is 2.88. The fourth-order valence-electron chi connectivity index (χ4n) is 1.28. The lowest BCUT2D eigenvalue weighted by Gasteiger charge is -2.20. The second-order valence-electron chi connectivity index (χ2n) is 3.16. The Kier molecular flexibility index (Phi) is 5.09. The van der Waals surface area contributed by atoms with Crippen LogP contribution in [0, 0.1) is 0 Å². The van der Waals surface area contributed by atoms with E-state index in [0.29, 0.717) is 5.03 Å². The molecule has 1 aliphatic heterocycles. The SMILES string of the molecule is CCOC(=O)C1=CC=C(N)SC1C(=O)OCC. The van der Waals surface area contributed by atoms with Gasteiger partial charge in [0.25, 0.3) is 0 Å². The van der Waals surface area contributed by atoms with Gasteiger partial charge in [0, 0.05) is 0 Å². The van der Waals surface area contributed by atoms with E-state index >= 15 is 0 Å². The van der Waals surface area contributed by atoms with Crippen molar-refractivity contribution in [3.63, 3.8) is 0 Å². The molecule has 6 heteroatoms. The van der Waals surface area contributed by atoms with Crippen molar-refractivity contribution >= 4 is 23.7 Å². The normalized spacial score (nSPS) is 19.1. The van der Waals surface area contributed by atoms with Gasteiger partial charge in [-0.2, -0.15) is 0 Å². The van der Waals surface area contributed by atoms with Gasteiger partial charge in [0.1, 0.15) is 5.25 Å². The predicted octanol–water partition coefficient (Wildman–Crippen LogP) is 0.954. The molecule has 94 valence electrons. The van der Waals surface area contributed by atoms with Gasteiger partial charge >= 0.3 is 11.9 Å². The summed E-state index contributed by atoms with van der Waals surface area (Å²) in [5, 5.41) is -0.268. The lowest BCUT2D eigenvalue weighted by atomic mass is 10.1. The molecule has 1 atom stereocenters. The van der Waals surface area contributed by atoms with E-state index < -0.39 is 17.2 Å². The van der Waals surface area contributed by atoms with Crippen LogP contribution < -0.4 is 5.73 Å². The molecule has 0 fully saturated rings. The molecule has 1 unspecified atom stereocenters. The third kappa shape index (κ3) is 3.52. The van der Waals surface area contributed by atoms with Crippen molar-refractivity contribution in [1.82, 2.24) is 0 Å². The molecule has 0 saturated heterocycles. The highest BCUT2D eigenvalue weighted by Crippen LogP contribution is 2.30. The number of carbonyl (C=O) groups excluding carboxylic acids is 2. The molecular weight excluding hydrogens is 242 g/mol. The van der Waals surface area contributed by atoms with Crippen LogP contribution in [-0.2, 0) is 19.1 Å². The fraction of sp³-hybridized carbons (Fsp3) is 0.455. The van der Waals surface area contributed by atoms with E-state index in [1.165, 1.54) is 6.08 Å². The van der Waals surface area contributed by atoms with E-state index in [9.17, 15) is 9.59 Å². The average Bonchev–Trinajstić information content (AvgIpc) is 2.29. The highest BCUT2D eigenvalue weighted by atomic mass is 32.2. The maximum absolute atomic E-state index is 11.7. The maximum atomic E-state index is 11.7. The number of thioether (sulfide) groups is 1. The van der Waals surface area contributed by atoms with E-state index in [4.69, 9.17) is 15.2 Å². The number of esters is 2. The minimum atomic E-state index is -0.737. The predicted molar refractivity (Wildman–Crippen MR) is 65.0 cm³/mol. The first-order valence-electron chi connectivity index (χ1n) is 5.27. The van der Waals surface area contributed by atoms with Gasteiger partial charge in [-0.1, -0.05) is 11.8 Å². The molecule has 0 bridgehead atoms. The molecule has 0 aromatic heterocycles. The Morgan fingerprint density at radius 3 is 2.53 bits per heavy atom. The summed E-state index contributed by atoms with van der Waals surface area (Å²) < 4.78 is 9.77. The van der Waals surface area contributed by atoms with Crippen molar-refractivity contribution in [2.75, 3.05) is 13.2 Å². The molecule has 0 saturated carbocycles. The van der Waals surface area contributed by atoms with Crippen LogP contribution in [0.4, 0.5) is 0 Å². The van der Waals surface area contributed by atoms with Crippen LogP contribution in [0.5, 0.6) is 0 Å². The summed E-state index contributed by atoms with van der Waals surface area (Å²) in [4.78, 5) is 23.3. The molecule has 17 heavy (non-hydrogen) atoms. The highest BCUT2D eigenvalue weighted by molar-refractivity contribution is 8.04. The number of allylic oxidation sites excluding steroid dienone is 2. The number of nitrogens with two attached hydrogens (primary N) is 1. The molecule has 0 amide bonds. The molecule has 1 aliphatic rings. The minimum Gasteiger partial charge on any atom is -0.465 e. The third-order valence-corrected chi connectivity index (χ3v) is 3.07. The van der Waals surface area contributed by atoms with E-state index in [1.807, 2.05) is 0 Å². The summed E-state index contributed by atoms with van der Waals surface area (Å²) in [7, 11) is 0. The smallest absolute Gasteiger partial charge is 0.335 e. The van der Waals surface area contributed by atoms with Gasteiger partial charge in [-0.3, -0.25) is 4.79 Å². The summed E-state index contributed by atoms with van der Waals surface area (Å²) in [6, 6.07) is 0. The van der Waals surface area contributed by atoms with Crippen LogP contribution in [0.3, 0.4) is 0 Å². The Morgan fingerprint density at radius 1 is 1.29 bits per heavy atom. The van der Waals surface area contributed by atoms with Crippen molar-refractivity contribution in [3.05, 3.63) is 22.8 Å². The van der Waals surface area contributed by atoms with Crippen molar-refractivity contribution in [1.29, 1.82) is 0 Å². The van der Waals surface area contributed by atoms with Crippen LogP contribution in [0.25, 0.3) is 0 Å².